The molecular weight excluding hydrogens is 220 g/mol. The highest BCUT2D eigenvalue weighted by atomic mass is 15.2. The molecule has 18 heavy (non-hydrogen) atoms. The van der Waals surface area contributed by atoms with Gasteiger partial charge in [0, 0.05) is 18.1 Å². The van der Waals surface area contributed by atoms with Crippen molar-refractivity contribution in [3.8, 4) is 0 Å². The molecule has 0 aliphatic carbocycles. The van der Waals surface area contributed by atoms with Crippen molar-refractivity contribution < 1.29 is 0 Å². The van der Waals surface area contributed by atoms with E-state index in [1.807, 2.05) is 0 Å². The summed E-state index contributed by atoms with van der Waals surface area (Å²) in [7, 11) is 0. The van der Waals surface area contributed by atoms with Gasteiger partial charge in [0.1, 0.15) is 0 Å². The number of hydrogen-bond donors (Lipinski definition) is 1. The van der Waals surface area contributed by atoms with Crippen LogP contribution in [0.5, 0.6) is 0 Å². The van der Waals surface area contributed by atoms with Gasteiger partial charge in [0.05, 0.1) is 0 Å². The van der Waals surface area contributed by atoms with Gasteiger partial charge in [0.15, 0.2) is 0 Å². The fourth-order valence-corrected chi connectivity index (χ4v) is 2.58. The van der Waals surface area contributed by atoms with Crippen molar-refractivity contribution in [2.75, 3.05) is 13.1 Å². The first-order valence-electron chi connectivity index (χ1n) is 6.99. The number of aryl methyl sites for hydroxylation is 1. The molecule has 2 nitrogen and oxygen atoms in total. The van der Waals surface area contributed by atoms with E-state index in [1.54, 1.807) is 0 Å². The first-order valence-corrected chi connectivity index (χ1v) is 6.99. The third kappa shape index (κ3) is 3.56. The van der Waals surface area contributed by atoms with Gasteiger partial charge in [-0.3, -0.25) is 4.90 Å². The molecule has 1 aromatic rings. The van der Waals surface area contributed by atoms with Crippen molar-refractivity contribution >= 4 is 0 Å². The van der Waals surface area contributed by atoms with Crippen LogP contribution in [-0.2, 0) is 6.42 Å². The predicted octanol–water partition coefficient (Wildman–Crippen LogP) is 3.37. The Hall–Kier alpha value is -0.860. The largest absolute Gasteiger partial charge is 0.329 e. The average molecular weight is 248 g/mol. The monoisotopic (exact) mass is 248 g/mol. The van der Waals surface area contributed by atoms with Crippen molar-refractivity contribution in [2.45, 2.75) is 52.6 Å². The number of benzene rings is 1. The maximum absolute atomic E-state index is 6.01. The third-order valence-corrected chi connectivity index (χ3v) is 3.57. The normalized spacial score (nSPS) is 13.9. The number of hydrogen-bond acceptors (Lipinski definition) is 2. The first kappa shape index (κ1) is 15.2. The first-order chi connectivity index (χ1) is 8.43. The number of rotatable bonds is 5. The van der Waals surface area contributed by atoms with Crippen LogP contribution in [0.1, 0.15) is 51.8 Å². The number of likely N-dealkylation sites (N-methyl/N-ethyl adjacent to an activating group) is 1. The lowest BCUT2D eigenvalue weighted by atomic mass is 9.97. The zero-order chi connectivity index (χ0) is 13.8. The van der Waals surface area contributed by atoms with E-state index < -0.39 is 0 Å². The highest BCUT2D eigenvalue weighted by Gasteiger charge is 2.27. The Morgan fingerprint density at radius 1 is 1.11 bits per heavy atom. The van der Waals surface area contributed by atoms with Gasteiger partial charge in [-0.05, 0) is 44.9 Å². The van der Waals surface area contributed by atoms with Crippen LogP contribution in [0.15, 0.2) is 24.3 Å². The highest BCUT2D eigenvalue weighted by molar-refractivity contribution is 5.25. The topological polar surface area (TPSA) is 29.3 Å². The lowest BCUT2D eigenvalue weighted by Gasteiger charge is -2.41. The van der Waals surface area contributed by atoms with Gasteiger partial charge >= 0.3 is 0 Å². The van der Waals surface area contributed by atoms with Crippen molar-refractivity contribution in [3.05, 3.63) is 35.4 Å². The highest BCUT2D eigenvalue weighted by Crippen LogP contribution is 2.27. The Bertz CT molecular complexity index is 348. The summed E-state index contributed by atoms with van der Waals surface area (Å²) in [6, 6.07) is 9.19. The predicted molar refractivity (Wildman–Crippen MR) is 79.7 cm³/mol. The van der Waals surface area contributed by atoms with Crippen LogP contribution in [0.2, 0.25) is 0 Å². The molecule has 0 saturated carbocycles. The summed E-state index contributed by atoms with van der Waals surface area (Å²) in [5.41, 5.74) is 8.86. The molecule has 1 rings (SSSR count). The van der Waals surface area contributed by atoms with Gasteiger partial charge < -0.3 is 5.73 Å². The Balaban J connectivity index is 3.00. The molecule has 0 amide bonds. The van der Waals surface area contributed by atoms with E-state index in [0.717, 1.165) is 13.0 Å². The second-order valence-corrected chi connectivity index (χ2v) is 5.80. The maximum atomic E-state index is 6.01. The van der Waals surface area contributed by atoms with E-state index >= 15 is 0 Å². The van der Waals surface area contributed by atoms with Crippen LogP contribution in [0.25, 0.3) is 0 Å². The molecule has 2 heteroatoms. The van der Waals surface area contributed by atoms with Crippen molar-refractivity contribution in [2.24, 2.45) is 5.73 Å². The summed E-state index contributed by atoms with van der Waals surface area (Å²) < 4.78 is 0. The molecule has 1 atom stereocenters. The summed E-state index contributed by atoms with van der Waals surface area (Å²) in [4.78, 5) is 2.47. The van der Waals surface area contributed by atoms with Crippen LogP contribution in [-0.4, -0.2) is 23.5 Å². The van der Waals surface area contributed by atoms with Gasteiger partial charge in [-0.25, -0.2) is 0 Å². The van der Waals surface area contributed by atoms with Gasteiger partial charge in [0.25, 0.3) is 0 Å². The smallest absolute Gasteiger partial charge is 0.0475 e. The van der Waals surface area contributed by atoms with E-state index in [9.17, 15) is 0 Å². The Morgan fingerprint density at radius 2 is 1.67 bits per heavy atom. The summed E-state index contributed by atoms with van der Waals surface area (Å²) in [6.45, 7) is 12.8. The zero-order valence-electron chi connectivity index (χ0n) is 12.5. The Kier molecular flexibility index (Phi) is 5.36. The number of nitrogens with zero attached hydrogens (tertiary/aromatic N) is 1. The van der Waals surface area contributed by atoms with Crippen LogP contribution in [0.3, 0.4) is 0 Å². The fourth-order valence-electron chi connectivity index (χ4n) is 2.58. The SMILES string of the molecule is CCc1ccc(C(CN)N(CC)C(C)(C)C)cc1. The van der Waals surface area contributed by atoms with Gasteiger partial charge in [-0.2, -0.15) is 0 Å². The molecule has 0 fully saturated rings. The van der Waals surface area contributed by atoms with Crippen molar-refractivity contribution in [1.82, 2.24) is 4.90 Å². The molecule has 0 aliphatic rings. The maximum Gasteiger partial charge on any atom is 0.0475 e. The second kappa shape index (κ2) is 6.35. The molecule has 1 unspecified atom stereocenters. The van der Waals surface area contributed by atoms with Crippen LogP contribution >= 0.6 is 0 Å². The molecule has 2 N–H and O–H groups in total. The second-order valence-electron chi connectivity index (χ2n) is 5.80. The van der Waals surface area contributed by atoms with Crippen LogP contribution < -0.4 is 5.73 Å². The molecule has 102 valence electrons. The minimum atomic E-state index is 0.141. The summed E-state index contributed by atoms with van der Waals surface area (Å²) in [5.74, 6) is 0. The Labute approximate surface area is 112 Å². The summed E-state index contributed by atoms with van der Waals surface area (Å²) in [6.07, 6.45) is 1.09. The lowest BCUT2D eigenvalue weighted by Crippen LogP contribution is -2.46. The van der Waals surface area contributed by atoms with E-state index in [2.05, 4.69) is 63.8 Å². The van der Waals surface area contributed by atoms with E-state index in [1.165, 1.54) is 11.1 Å². The van der Waals surface area contributed by atoms with E-state index in [4.69, 9.17) is 5.73 Å². The molecule has 0 spiro atoms. The fraction of sp³-hybridized carbons (Fsp3) is 0.625. The van der Waals surface area contributed by atoms with Gasteiger partial charge in [0.2, 0.25) is 0 Å². The molecule has 0 aliphatic heterocycles. The summed E-state index contributed by atoms with van der Waals surface area (Å²) in [5, 5.41) is 0. The molecular formula is C16H28N2. The standard InChI is InChI=1S/C16H28N2/c1-6-13-8-10-14(11-9-13)15(12-17)18(7-2)16(3,4)5/h8-11,15H,6-7,12,17H2,1-5H3. The Morgan fingerprint density at radius 3 is 2.00 bits per heavy atom. The minimum absolute atomic E-state index is 0.141. The summed E-state index contributed by atoms with van der Waals surface area (Å²) >= 11 is 0. The van der Waals surface area contributed by atoms with Gasteiger partial charge in [-0.1, -0.05) is 38.1 Å². The number of nitrogens with two attached hydrogens (primary N) is 1. The quantitative estimate of drug-likeness (QED) is 0.865. The van der Waals surface area contributed by atoms with Crippen molar-refractivity contribution in [1.29, 1.82) is 0 Å². The van der Waals surface area contributed by atoms with E-state index in [-0.39, 0.29) is 5.54 Å². The zero-order valence-corrected chi connectivity index (χ0v) is 12.5. The molecule has 0 radical (unpaired) electrons. The molecule has 0 aromatic heterocycles. The van der Waals surface area contributed by atoms with Crippen LogP contribution in [0, 0.1) is 0 Å². The van der Waals surface area contributed by atoms with Crippen molar-refractivity contribution in [3.63, 3.8) is 0 Å². The van der Waals surface area contributed by atoms with E-state index in [0.29, 0.717) is 12.6 Å². The molecule has 0 saturated heterocycles. The average Bonchev–Trinajstić information content (AvgIpc) is 2.34. The third-order valence-electron chi connectivity index (χ3n) is 3.57. The van der Waals surface area contributed by atoms with Crippen LogP contribution in [0.4, 0.5) is 0 Å². The molecule has 0 bridgehead atoms. The van der Waals surface area contributed by atoms with Gasteiger partial charge in [-0.15, -0.1) is 0 Å². The molecule has 0 heterocycles. The lowest BCUT2D eigenvalue weighted by molar-refractivity contribution is 0.0919. The minimum Gasteiger partial charge on any atom is -0.329 e. The molecule has 1 aromatic carbocycles.